The first-order valence-electron chi connectivity index (χ1n) is 8.44. The van der Waals surface area contributed by atoms with Crippen LogP contribution in [0, 0.1) is 16.7 Å². The Hall–Kier alpha value is -1.24. The Balaban J connectivity index is 5.22. The standard InChI is InChI=1S/C21H37N/c1-11-17(14-15-18(12-2)21(8,9)10)19(13-3)22-16(4)20(5,6)7/h11,13-15,18,22H,4,12H2,1-3,5-10H3/b15-14-,17-11+,19-13-. The van der Waals surface area contributed by atoms with Gasteiger partial charge in [-0.15, -0.1) is 0 Å². The van der Waals surface area contributed by atoms with Gasteiger partial charge in [-0.25, -0.2) is 0 Å². The summed E-state index contributed by atoms with van der Waals surface area (Å²) in [6, 6.07) is 0. The lowest BCUT2D eigenvalue weighted by atomic mass is 9.78. The minimum Gasteiger partial charge on any atom is -0.359 e. The maximum atomic E-state index is 4.18. The van der Waals surface area contributed by atoms with Gasteiger partial charge in [0.05, 0.1) is 0 Å². The summed E-state index contributed by atoms with van der Waals surface area (Å²) >= 11 is 0. The molecule has 126 valence electrons. The molecule has 0 aromatic rings. The highest BCUT2D eigenvalue weighted by atomic mass is 14.9. The highest BCUT2D eigenvalue weighted by Gasteiger charge is 2.20. The fourth-order valence-electron chi connectivity index (χ4n) is 2.26. The Bertz CT molecular complexity index is 447. The maximum absolute atomic E-state index is 4.18. The van der Waals surface area contributed by atoms with Gasteiger partial charge in [0.15, 0.2) is 0 Å². The monoisotopic (exact) mass is 303 g/mol. The zero-order valence-corrected chi connectivity index (χ0v) is 16.3. The Labute approximate surface area is 139 Å². The van der Waals surface area contributed by atoms with Gasteiger partial charge in [0.2, 0.25) is 0 Å². The normalized spacial score (nSPS) is 16.0. The van der Waals surface area contributed by atoms with Crippen LogP contribution in [-0.4, -0.2) is 0 Å². The quantitative estimate of drug-likeness (QED) is 0.544. The van der Waals surface area contributed by atoms with Gasteiger partial charge in [0.1, 0.15) is 0 Å². The van der Waals surface area contributed by atoms with Crippen molar-refractivity contribution in [1.29, 1.82) is 0 Å². The van der Waals surface area contributed by atoms with Crippen LogP contribution < -0.4 is 5.32 Å². The molecule has 22 heavy (non-hydrogen) atoms. The van der Waals surface area contributed by atoms with Crippen LogP contribution >= 0.6 is 0 Å². The molecule has 1 atom stereocenters. The number of rotatable bonds is 6. The zero-order valence-electron chi connectivity index (χ0n) is 16.3. The van der Waals surface area contributed by atoms with Crippen molar-refractivity contribution in [2.45, 2.75) is 68.7 Å². The Morgan fingerprint density at radius 2 is 1.59 bits per heavy atom. The van der Waals surface area contributed by atoms with Gasteiger partial charge in [-0.3, -0.25) is 0 Å². The van der Waals surface area contributed by atoms with Crippen molar-refractivity contribution >= 4 is 0 Å². The molecule has 1 heteroatoms. The number of nitrogens with one attached hydrogen (secondary N) is 1. The van der Waals surface area contributed by atoms with E-state index in [0.29, 0.717) is 11.3 Å². The van der Waals surface area contributed by atoms with Gasteiger partial charge >= 0.3 is 0 Å². The topological polar surface area (TPSA) is 12.0 Å². The maximum Gasteiger partial charge on any atom is 0.0408 e. The first-order valence-corrected chi connectivity index (χ1v) is 8.44. The van der Waals surface area contributed by atoms with Crippen molar-refractivity contribution in [1.82, 2.24) is 5.32 Å². The van der Waals surface area contributed by atoms with E-state index in [1.807, 2.05) is 0 Å². The molecule has 0 aromatic carbocycles. The molecule has 0 aliphatic carbocycles. The van der Waals surface area contributed by atoms with Crippen LogP contribution in [0.25, 0.3) is 0 Å². The van der Waals surface area contributed by atoms with Gasteiger partial charge in [0.25, 0.3) is 0 Å². The average Bonchev–Trinajstić information content (AvgIpc) is 2.38. The fraction of sp³-hybridized carbons (Fsp3) is 0.619. The van der Waals surface area contributed by atoms with E-state index in [4.69, 9.17) is 0 Å². The molecule has 0 aliphatic heterocycles. The SMILES string of the molecule is C=C(NC(=C\C)/C(/C=C\C(CC)C(C)(C)C)=C/C)C(C)(C)C. The summed E-state index contributed by atoms with van der Waals surface area (Å²) in [5.41, 5.74) is 3.73. The van der Waals surface area contributed by atoms with Crippen LogP contribution in [0.1, 0.15) is 68.7 Å². The summed E-state index contributed by atoms with van der Waals surface area (Å²) in [4.78, 5) is 0. The van der Waals surface area contributed by atoms with Crippen molar-refractivity contribution in [2.75, 3.05) is 0 Å². The van der Waals surface area contributed by atoms with E-state index in [9.17, 15) is 0 Å². The second-order valence-corrected chi connectivity index (χ2v) is 8.04. The van der Waals surface area contributed by atoms with Crippen LogP contribution in [0.4, 0.5) is 0 Å². The molecule has 0 fully saturated rings. The second-order valence-electron chi connectivity index (χ2n) is 8.04. The number of hydrogen-bond acceptors (Lipinski definition) is 1. The zero-order chi connectivity index (χ0) is 17.6. The predicted molar refractivity (Wildman–Crippen MR) is 102 cm³/mol. The summed E-state index contributed by atoms with van der Waals surface area (Å²) < 4.78 is 0. The van der Waals surface area contributed by atoms with Crippen molar-refractivity contribution < 1.29 is 0 Å². The third-order valence-corrected chi connectivity index (χ3v) is 4.16. The first-order chi connectivity index (χ1) is 9.97. The molecule has 0 saturated heterocycles. The van der Waals surface area contributed by atoms with Gasteiger partial charge in [0, 0.05) is 16.8 Å². The molecule has 1 N–H and O–H groups in total. The molecule has 0 radical (unpaired) electrons. The first kappa shape index (κ1) is 20.8. The lowest BCUT2D eigenvalue weighted by Crippen LogP contribution is -2.23. The summed E-state index contributed by atoms with van der Waals surface area (Å²) in [5, 5.41) is 3.49. The second kappa shape index (κ2) is 8.41. The molecule has 0 amide bonds. The largest absolute Gasteiger partial charge is 0.359 e. The molecule has 0 saturated carbocycles. The van der Waals surface area contributed by atoms with Crippen LogP contribution in [0.5, 0.6) is 0 Å². The number of allylic oxidation sites excluding steroid dienone is 5. The Morgan fingerprint density at radius 1 is 1.05 bits per heavy atom. The molecule has 0 heterocycles. The van der Waals surface area contributed by atoms with E-state index in [-0.39, 0.29) is 5.41 Å². The minimum absolute atomic E-state index is 0.0498. The molecule has 1 nitrogen and oxygen atoms in total. The van der Waals surface area contributed by atoms with Crippen molar-refractivity contribution in [3.8, 4) is 0 Å². The smallest absolute Gasteiger partial charge is 0.0408 e. The summed E-state index contributed by atoms with van der Waals surface area (Å²) in [7, 11) is 0. The van der Waals surface area contributed by atoms with Crippen LogP contribution in [-0.2, 0) is 0 Å². The van der Waals surface area contributed by atoms with E-state index in [2.05, 4.69) is 98.5 Å². The van der Waals surface area contributed by atoms with Crippen LogP contribution in [0.3, 0.4) is 0 Å². The summed E-state index contributed by atoms with van der Waals surface area (Å²) in [6.07, 6.45) is 10.0. The molecule has 0 aliphatic rings. The highest BCUT2D eigenvalue weighted by molar-refractivity contribution is 5.40. The molecule has 0 bridgehead atoms. The van der Waals surface area contributed by atoms with Crippen LogP contribution in [0.2, 0.25) is 0 Å². The van der Waals surface area contributed by atoms with Crippen molar-refractivity contribution in [2.24, 2.45) is 16.7 Å². The third-order valence-electron chi connectivity index (χ3n) is 4.16. The molecule has 0 aromatic heterocycles. The summed E-state index contributed by atoms with van der Waals surface area (Å²) in [5.74, 6) is 0.575. The van der Waals surface area contributed by atoms with Gasteiger partial charge in [-0.1, -0.05) is 79.3 Å². The molecular weight excluding hydrogens is 266 g/mol. The third kappa shape index (κ3) is 6.68. The highest BCUT2D eigenvalue weighted by Crippen LogP contribution is 2.30. The van der Waals surface area contributed by atoms with E-state index in [0.717, 1.165) is 17.8 Å². The van der Waals surface area contributed by atoms with E-state index >= 15 is 0 Å². The van der Waals surface area contributed by atoms with Crippen molar-refractivity contribution in [3.05, 3.63) is 47.9 Å². The molecule has 1 unspecified atom stereocenters. The average molecular weight is 304 g/mol. The number of hydrogen-bond donors (Lipinski definition) is 1. The van der Waals surface area contributed by atoms with Gasteiger partial charge < -0.3 is 5.32 Å². The fourth-order valence-corrected chi connectivity index (χ4v) is 2.26. The molecule has 0 spiro atoms. The Morgan fingerprint density at radius 3 is 1.91 bits per heavy atom. The van der Waals surface area contributed by atoms with E-state index < -0.39 is 0 Å². The predicted octanol–water partition coefficient (Wildman–Crippen LogP) is 6.61. The molecule has 0 rings (SSSR count). The van der Waals surface area contributed by atoms with Crippen molar-refractivity contribution in [3.63, 3.8) is 0 Å². The van der Waals surface area contributed by atoms with E-state index in [1.165, 1.54) is 5.57 Å². The molecular formula is C21H37N. The van der Waals surface area contributed by atoms with E-state index in [1.54, 1.807) is 0 Å². The Kier molecular flexibility index (Phi) is 7.93. The lowest BCUT2D eigenvalue weighted by molar-refractivity contribution is 0.286. The lowest BCUT2D eigenvalue weighted by Gasteiger charge is -2.28. The minimum atomic E-state index is 0.0498. The summed E-state index contributed by atoms with van der Waals surface area (Å²) in [6.45, 7) is 24.0. The van der Waals surface area contributed by atoms with Crippen LogP contribution in [0.15, 0.2) is 47.9 Å². The van der Waals surface area contributed by atoms with Gasteiger partial charge in [-0.2, -0.15) is 0 Å². The van der Waals surface area contributed by atoms with Gasteiger partial charge in [-0.05, 0) is 37.2 Å².